The van der Waals surface area contributed by atoms with Crippen LogP contribution in [0.4, 0.5) is 0 Å². The molecule has 4 heterocycles. The highest BCUT2D eigenvalue weighted by atomic mass is 32.1. The molecule has 0 atom stereocenters. The van der Waals surface area contributed by atoms with Crippen LogP contribution in [0.5, 0.6) is 0 Å². The number of aromatic nitrogens is 5. The normalized spacial score (nSPS) is 11.7. The quantitative estimate of drug-likeness (QED) is 0.160. The van der Waals surface area contributed by atoms with E-state index in [1.54, 1.807) is 11.3 Å². The predicted molar refractivity (Wildman–Crippen MR) is 267 cm³/mol. The fraction of sp³-hybridized carbons (Fsp3) is 0. The van der Waals surface area contributed by atoms with E-state index in [4.69, 9.17) is 24.4 Å². The fourth-order valence-corrected chi connectivity index (χ4v) is 10.3. The Morgan fingerprint density at radius 1 is 0.369 bits per heavy atom. The van der Waals surface area contributed by atoms with E-state index in [2.05, 4.69) is 180 Å². The van der Waals surface area contributed by atoms with Crippen molar-refractivity contribution in [3.63, 3.8) is 0 Å². The first kappa shape index (κ1) is 37.1. The monoisotopic (exact) mass is 849 g/mol. The van der Waals surface area contributed by atoms with Crippen LogP contribution in [0, 0.1) is 0 Å². The Hall–Kier alpha value is -8.52. The van der Waals surface area contributed by atoms with Gasteiger partial charge in [0.15, 0.2) is 11.6 Å². The standard InChI is InChI=1S/C58H35N5OS/c1-2-14-38(15-3-1)57-59-49-26-13-23-43(54(49)65-57)37-32-30-36(31-33-37)39-16-10-17-40(34-39)41-18-11-19-42(35-41)55-60-56(48-25-12-24-47-46-22-6-9-29-52(46)64-53(47)48)62-58(61-55)63-50-27-7-4-20-44(50)45-21-5-8-28-51(45)63/h1-35H. The van der Waals surface area contributed by atoms with Crippen molar-refractivity contribution in [2.24, 2.45) is 0 Å². The van der Waals surface area contributed by atoms with Gasteiger partial charge in [0.25, 0.3) is 0 Å². The van der Waals surface area contributed by atoms with E-state index in [-0.39, 0.29) is 0 Å². The average molecular weight is 850 g/mol. The highest BCUT2D eigenvalue weighted by molar-refractivity contribution is 7.22. The van der Waals surface area contributed by atoms with Crippen LogP contribution < -0.4 is 0 Å². The van der Waals surface area contributed by atoms with Crippen LogP contribution in [0.25, 0.3) is 127 Å². The molecule has 0 aliphatic rings. The van der Waals surface area contributed by atoms with Crippen molar-refractivity contribution < 1.29 is 4.42 Å². The lowest BCUT2D eigenvalue weighted by Crippen LogP contribution is -2.06. The van der Waals surface area contributed by atoms with Gasteiger partial charge in [-0.3, -0.25) is 4.57 Å². The Balaban J connectivity index is 0.899. The van der Waals surface area contributed by atoms with Crippen LogP contribution in [0.15, 0.2) is 217 Å². The van der Waals surface area contributed by atoms with Crippen LogP contribution in [-0.2, 0) is 0 Å². The van der Waals surface area contributed by atoms with E-state index in [0.717, 1.165) is 93.2 Å². The largest absolute Gasteiger partial charge is 0.455 e. The SMILES string of the molecule is c1ccc(-c2nc3cccc(-c4ccc(-c5cccc(-c6cccc(-c7nc(-c8cccc9c8oc8ccccc89)nc(-n8c9ccccc9c9ccccc98)n7)c6)c5)cc4)c3s2)cc1. The maximum Gasteiger partial charge on any atom is 0.238 e. The summed E-state index contributed by atoms with van der Waals surface area (Å²) in [6.07, 6.45) is 0. The van der Waals surface area contributed by atoms with E-state index in [1.165, 1.54) is 15.8 Å². The van der Waals surface area contributed by atoms with Crippen molar-refractivity contribution in [3.05, 3.63) is 212 Å². The van der Waals surface area contributed by atoms with Crippen LogP contribution in [-0.4, -0.2) is 24.5 Å². The van der Waals surface area contributed by atoms with E-state index >= 15 is 0 Å². The molecule has 0 aliphatic carbocycles. The summed E-state index contributed by atoms with van der Waals surface area (Å²) in [5.74, 6) is 1.64. The van der Waals surface area contributed by atoms with Crippen molar-refractivity contribution in [1.82, 2.24) is 24.5 Å². The number of para-hydroxylation sites is 4. The number of hydrogen-bond acceptors (Lipinski definition) is 6. The topological polar surface area (TPSA) is 69.6 Å². The lowest BCUT2D eigenvalue weighted by Gasteiger charge is -2.12. The molecule has 304 valence electrons. The van der Waals surface area contributed by atoms with Gasteiger partial charge in [0, 0.05) is 38.2 Å². The molecular weight excluding hydrogens is 815 g/mol. The van der Waals surface area contributed by atoms with Gasteiger partial charge in [0.1, 0.15) is 16.2 Å². The van der Waals surface area contributed by atoms with Gasteiger partial charge in [-0.05, 0) is 70.3 Å². The summed E-state index contributed by atoms with van der Waals surface area (Å²) in [5.41, 5.74) is 14.3. The summed E-state index contributed by atoms with van der Waals surface area (Å²) in [5, 5.41) is 5.38. The van der Waals surface area contributed by atoms with Crippen molar-refractivity contribution >= 4 is 65.3 Å². The number of benzene rings is 9. The first-order valence-electron chi connectivity index (χ1n) is 21.6. The summed E-state index contributed by atoms with van der Waals surface area (Å²) in [6.45, 7) is 0. The Morgan fingerprint density at radius 3 is 1.69 bits per heavy atom. The predicted octanol–water partition coefficient (Wildman–Crippen LogP) is 15.5. The first-order valence-corrected chi connectivity index (χ1v) is 22.4. The zero-order chi connectivity index (χ0) is 42.8. The molecule has 0 aliphatic heterocycles. The van der Waals surface area contributed by atoms with Gasteiger partial charge in [0.05, 0.1) is 26.8 Å². The number of nitrogens with zero attached hydrogens (tertiary/aromatic N) is 5. The number of rotatable bonds is 7. The molecule has 6 nitrogen and oxygen atoms in total. The van der Waals surface area contributed by atoms with Gasteiger partial charge in [-0.25, -0.2) is 9.97 Å². The second kappa shape index (κ2) is 15.1. The van der Waals surface area contributed by atoms with Gasteiger partial charge in [-0.15, -0.1) is 11.3 Å². The van der Waals surface area contributed by atoms with Crippen LogP contribution in [0.1, 0.15) is 0 Å². The summed E-state index contributed by atoms with van der Waals surface area (Å²) in [6, 6.07) is 74.0. The van der Waals surface area contributed by atoms with Crippen LogP contribution in [0.3, 0.4) is 0 Å². The molecule has 0 amide bonds. The minimum atomic E-state index is 0.537. The molecule has 4 aromatic heterocycles. The molecule has 0 bridgehead atoms. The molecule has 65 heavy (non-hydrogen) atoms. The van der Waals surface area contributed by atoms with Gasteiger partial charge >= 0.3 is 0 Å². The molecule has 13 aromatic rings. The number of hydrogen-bond donors (Lipinski definition) is 0. The first-order chi connectivity index (χ1) is 32.2. The number of fused-ring (bicyclic) bond motifs is 7. The molecule has 0 N–H and O–H groups in total. The number of thiazole rings is 1. The highest BCUT2D eigenvalue weighted by Gasteiger charge is 2.21. The van der Waals surface area contributed by atoms with E-state index in [1.807, 2.05) is 36.4 Å². The minimum absolute atomic E-state index is 0.537. The molecule has 7 heteroatoms. The van der Waals surface area contributed by atoms with Crippen molar-refractivity contribution in [2.75, 3.05) is 0 Å². The third-order valence-electron chi connectivity index (χ3n) is 12.3. The Morgan fingerprint density at radius 2 is 0.923 bits per heavy atom. The molecule has 0 radical (unpaired) electrons. The van der Waals surface area contributed by atoms with Gasteiger partial charge in [-0.1, -0.05) is 170 Å². The van der Waals surface area contributed by atoms with Crippen molar-refractivity contribution in [2.45, 2.75) is 0 Å². The molecule has 9 aromatic carbocycles. The molecule has 0 saturated carbocycles. The zero-order valence-electron chi connectivity index (χ0n) is 34.8. The minimum Gasteiger partial charge on any atom is -0.455 e. The smallest absolute Gasteiger partial charge is 0.238 e. The van der Waals surface area contributed by atoms with Gasteiger partial charge in [0.2, 0.25) is 5.95 Å². The van der Waals surface area contributed by atoms with Gasteiger partial charge < -0.3 is 4.42 Å². The van der Waals surface area contributed by atoms with Crippen LogP contribution in [0.2, 0.25) is 0 Å². The molecule has 0 spiro atoms. The van der Waals surface area contributed by atoms with E-state index < -0.39 is 0 Å². The zero-order valence-corrected chi connectivity index (χ0v) is 35.6. The molecule has 0 unspecified atom stereocenters. The molecule has 0 saturated heterocycles. The number of furan rings is 1. The van der Waals surface area contributed by atoms with Crippen molar-refractivity contribution in [1.29, 1.82) is 0 Å². The van der Waals surface area contributed by atoms with Crippen LogP contribution >= 0.6 is 11.3 Å². The van der Waals surface area contributed by atoms with Crippen molar-refractivity contribution in [3.8, 4) is 72.7 Å². The Labute approximate surface area is 377 Å². The molecular formula is C58H35N5OS. The Bertz CT molecular complexity index is 3910. The summed E-state index contributed by atoms with van der Waals surface area (Å²) in [7, 11) is 0. The lowest BCUT2D eigenvalue weighted by molar-refractivity contribution is 0.669. The average Bonchev–Trinajstić information content (AvgIpc) is 4.09. The lowest BCUT2D eigenvalue weighted by atomic mass is 9.96. The highest BCUT2D eigenvalue weighted by Crippen LogP contribution is 2.40. The van der Waals surface area contributed by atoms with E-state index in [9.17, 15) is 0 Å². The third-order valence-corrected chi connectivity index (χ3v) is 13.5. The van der Waals surface area contributed by atoms with Gasteiger partial charge in [-0.2, -0.15) is 9.97 Å². The summed E-state index contributed by atoms with van der Waals surface area (Å²) in [4.78, 5) is 20.7. The summed E-state index contributed by atoms with van der Waals surface area (Å²) >= 11 is 1.74. The third kappa shape index (κ3) is 6.32. The molecule has 13 rings (SSSR count). The fourth-order valence-electron chi connectivity index (χ4n) is 9.21. The second-order valence-corrected chi connectivity index (χ2v) is 17.2. The summed E-state index contributed by atoms with van der Waals surface area (Å²) < 4.78 is 9.88. The van der Waals surface area contributed by atoms with E-state index in [0.29, 0.717) is 17.6 Å². The molecule has 0 fully saturated rings. The maximum absolute atomic E-state index is 6.53. The Kier molecular flexibility index (Phi) is 8.60. The second-order valence-electron chi connectivity index (χ2n) is 16.2. The maximum atomic E-state index is 6.53.